The molecule has 0 saturated carbocycles. The fraction of sp³-hybridized carbons (Fsp3) is 0.333. The van der Waals surface area contributed by atoms with Crippen LogP contribution < -0.4 is 10.1 Å². The van der Waals surface area contributed by atoms with Gasteiger partial charge in [0.15, 0.2) is 6.61 Å². The highest BCUT2D eigenvalue weighted by Crippen LogP contribution is 2.11. The average Bonchev–Trinajstić information content (AvgIpc) is 2.33. The zero-order valence-corrected chi connectivity index (χ0v) is 9.35. The minimum Gasteiger partial charge on any atom is -0.481 e. The molecule has 0 atom stereocenters. The van der Waals surface area contributed by atoms with E-state index in [-0.39, 0.29) is 13.0 Å². The van der Waals surface area contributed by atoms with Crippen molar-refractivity contribution in [1.29, 1.82) is 5.26 Å². The Bertz CT molecular complexity index is 395. The summed E-state index contributed by atoms with van der Waals surface area (Å²) in [5.74, 6) is -0.154. The first-order valence-electron chi connectivity index (χ1n) is 5.23. The van der Waals surface area contributed by atoms with Crippen LogP contribution in [-0.2, 0) is 11.3 Å². The largest absolute Gasteiger partial charge is 0.481 e. The molecule has 2 N–H and O–H groups in total. The van der Waals surface area contributed by atoms with Crippen molar-refractivity contribution in [1.82, 2.24) is 5.32 Å². The number of ether oxygens (including phenoxy) is 1. The number of aliphatic carboxylic acids is 1. The summed E-state index contributed by atoms with van der Waals surface area (Å²) in [6.45, 7) is 1.10. The maximum atomic E-state index is 10.3. The average molecular weight is 234 g/mol. The summed E-state index contributed by atoms with van der Waals surface area (Å²) in [5, 5.41) is 19.8. The van der Waals surface area contributed by atoms with Gasteiger partial charge >= 0.3 is 5.97 Å². The Balaban J connectivity index is 2.30. The number of hydrogen-bond donors (Lipinski definition) is 2. The van der Waals surface area contributed by atoms with Gasteiger partial charge in [0.2, 0.25) is 0 Å². The van der Waals surface area contributed by atoms with Crippen molar-refractivity contribution in [3.05, 3.63) is 29.8 Å². The number of nitriles is 1. The Kier molecular flexibility index (Phi) is 5.55. The van der Waals surface area contributed by atoms with Crippen LogP contribution in [0.25, 0.3) is 0 Å². The summed E-state index contributed by atoms with van der Waals surface area (Å²) >= 11 is 0. The molecule has 1 aromatic carbocycles. The molecule has 17 heavy (non-hydrogen) atoms. The minimum atomic E-state index is -0.808. The van der Waals surface area contributed by atoms with Crippen LogP contribution in [0.3, 0.4) is 0 Å². The van der Waals surface area contributed by atoms with E-state index >= 15 is 0 Å². The van der Waals surface area contributed by atoms with Crippen molar-refractivity contribution >= 4 is 5.97 Å². The standard InChI is InChI=1S/C12H14N2O3/c13-6-8-17-11-3-1-10(2-4-11)9-14-7-5-12(15)16/h1-4,14H,5,7-9H2,(H,15,16). The first-order valence-corrected chi connectivity index (χ1v) is 5.23. The molecule has 0 aromatic heterocycles. The fourth-order valence-electron chi connectivity index (χ4n) is 1.25. The highest BCUT2D eigenvalue weighted by molar-refractivity contribution is 5.66. The van der Waals surface area contributed by atoms with E-state index in [0.29, 0.717) is 18.8 Å². The Morgan fingerprint density at radius 1 is 1.41 bits per heavy atom. The molecule has 0 fully saturated rings. The molecule has 0 aliphatic carbocycles. The number of hydrogen-bond acceptors (Lipinski definition) is 4. The highest BCUT2D eigenvalue weighted by Gasteiger charge is 1.97. The molecule has 0 bridgehead atoms. The number of benzene rings is 1. The van der Waals surface area contributed by atoms with Crippen LogP contribution >= 0.6 is 0 Å². The molecule has 0 aliphatic heterocycles. The van der Waals surface area contributed by atoms with Gasteiger partial charge in [0.25, 0.3) is 0 Å². The zero-order chi connectivity index (χ0) is 12.5. The third-order valence-corrected chi connectivity index (χ3v) is 2.07. The third-order valence-electron chi connectivity index (χ3n) is 2.07. The van der Waals surface area contributed by atoms with Crippen molar-refractivity contribution in [3.63, 3.8) is 0 Å². The van der Waals surface area contributed by atoms with E-state index in [4.69, 9.17) is 15.1 Å². The van der Waals surface area contributed by atoms with Crippen molar-refractivity contribution in [2.75, 3.05) is 13.2 Å². The molecule has 0 amide bonds. The summed E-state index contributed by atoms with van der Waals surface area (Å²) in [5.41, 5.74) is 1.04. The predicted molar refractivity (Wildman–Crippen MR) is 61.5 cm³/mol. The number of carboxylic acids is 1. The van der Waals surface area contributed by atoms with Crippen molar-refractivity contribution in [2.24, 2.45) is 0 Å². The van der Waals surface area contributed by atoms with E-state index in [1.165, 1.54) is 0 Å². The maximum absolute atomic E-state index is 10.3. The number of nitrogens with zero attached hydrogens (tertiary/aromatic N) is 1. The Morgan fingerprint density at radius 3 is 2.71 bits per heavy atom. The second kappa shape index (κ2) is 7.25. The van der Waals surface area contributed by atoms with Gasteiger partial charge in [-0.2, -0.15) is 5.26 Å². The first kappa shape index (κ1) is 13.0. The van der Waals surface area contributed by atoms with E-state index in [9.17, 15) is 4.79 Å². The van der Waals surface area contributed by atoms with Crippen LogP contribution in [0.1, 0.15) is 12.0 Å². The number of rotatable bonds is 7. The molecule has 5 heteroatoms. The normalized spacial score (nSPS) is 9.59. The topological polar surface area (TPSA) is 82.3 Å². The molecule has 0 spiro atoms. The molecular formula is C12H14N2O3. The lowest BCUT2D eigenvalue weighted by atomic mass is 10.2. The van der Waals surface area contributed by atoms with E-state index in [1.54, 1.807) is 12.1 Å². The Labute approximate surface area is 99.6 Å². The van der Waals surface area contributed by atoms with Gasteiger partial charge in [-0.3, -0.25) is 4.79 Å². The van der Waals surface area contributed by atoms with Crippen molar-refractivity contribution < 1.29 is 14.6 Å². The number of carboxylic acid groups (broad SMARTS) is 1. The van der Waals surface area contributed by atoms with Gasteiger partial charge in [0.1, 0.15) is 11.8 Å². The quantitative estimate of drug-likeness (QED) is 0.691. The Hall–Kier alpha value is -2.06. The SMILES string of the molecule is N#CCOc1ccc(CNCCC(=O)O)cc1. The Morgan fingerprint density at radius 2 is 2.12 bits per heavy atom. The van der Waals surface area contributed by atoms with Crippen LogP contribution in [0.2, 0.25) is 0 Å². The molecule has 90 valence electrons. The lowest BCUT2D eigenvalue weighted by Gasteiger charge is -2.05. The maximum Gasteiger partial charge on any atom is 0.304 e. The van der Waals surface area contributed by atoms with Gasteiger partial charge in [-0.25, -0.2) is 0 Å². The van der Waals surface area contributed by atoms with Crippen LogP contribution in [0.4, 0.5) is 0 Å². The smallest absolute Gasteiger partial charge is 0.304 e. The van der Waals surface area contributed by atoms with E-state index in [0.717, 1.165) is 5.56 Å². The van der Waals surface area contributed by atoms with Crippen LogP contribution in [0.5, 0.6) is 5.75 Å². The summed E-state index contributed by atoms with van der Waals surface area (Å²) in [7, 11) is 0. The zero-order valence-electron chi connectivity index (χ0n) is 9.35. The molecule has 1 aromatic rings. The number of nitrogens with one attached hydrogen (secondary N) is 1. The monoisotopic (exact) mass is 234 g/mol. The molecular weight excluding hydrogens is 220 g/mol. The van der Waals surface area contributed by atoms with Crippen LogP contribution in [0.15, 0.2) is 24.3 Å². The summed E-state index contributed by atoms with van der Waals surface area (Å²) < 4.78 is 5.11. The van der Waals surface area contributed by atoms with Gasteiger partial charge in [0.05, 0.1) is 6.42 Å². The highest BCUT2D eigenvalue weighted by atomic mass is 16.5. The lowest BCUT2D eigenvalue weighted by Crippen LogP contribution is -2.17. The first-order chi connectivity index (χ1) is 8.22. The third kappa shape index (κ3) is 5.54. The summed E-state index contributed by atoms with van der Waals surface area (Å²) in [4.78, 5) is 10.3. The van der Waals surface area contributed by atoms with Gasteiger partial charge < -0.3 is 15.2 Å². The van der Waals surface area contributed by atoms with Gasteiger partial charge in [-0.1, -0.05) is 12.1 Å². The summed E-state index contributed by atoms with van der Waals surface area (Å²) in [6.07, 6.45) is 0.114. The van der Waals surface area contributed by atoms with E-state index in [2.05, 4.69) is 5.32 Å². The minimum absolute atomic E-state index is 0.0379. The van der Waals surface area contributed by atoms with Gasteiger partial charge in [-0.15, -0.1) is 0 Å². The molecule has 0 aliphatic rings. The molecule has 0 unspecified atom stereocenters. The predicted octanol–water partition coefficient (Wildman–Crippen LogP) is 1.15. The van der Waals surface area contributed by atoms with Crippen molar-refractivity contribution in [2.45, 2.75) is 13.0 Å². The molecule has 0 saturated heterocycles. The van der Waals surface area contributed by atoms with Gasteiger partial charge in [0, 0.05) is 13.1 Å². The van der Waals surface area contributed by atoms with Crippen LogP contribution in [-0.4, -0.2) is 24.2 Å². The molecule has 0 heterocycles. The van der Waals surface area contributed by atoms with Gasteiger partial charge in [-0.05, 0) is 17.7 Å². The number of carbonyl (C=O) groups is 1. The van der Waals surface area contributed by atoms with Crippen LogP contribution in [0, 0.1) is 11.3 Å². The van der Waals surface area contributed by atoms with E-state index in [1.807, 2.05) is 18.2 Å². The van der Waals surface area contributed by atoms with Crippen molar-refractivity contribution in [3.8, 4) is 11.8 Å². The molecule has 5 nitrogen and oxygen atoms in total. The van der Waals surface area contributed by atoms with E-state index < -0.39 is 5.97 Å². The second-order valence-electron chi connectivity index (χ2n) is 3.41. The summed E-state index contributed by atoms with van der Waals surface area (Å²) in [6, 6.07) is 9.21. The second-order valence-corrected chi connectivity index (χ2v) is 3.41. The molecule has 0 radical (unpaired) electrons. The molecule has 1 rings (SSSR count). The lowest BCUT2D eigenvalue weighted by molar-refractivity contribution is -0.136. The fourth-order valence-corrected chi connectivity index (χ4v) is 1.25.